The van der Waals surface area contributed by atoms with E-state index in [4.69, 9.17) is 4.74 Å². The van der Waals surface area contributed by atoms with E-state index >= 15 is 0 Å². The molecule has 3 aromatic rings. The minimum Gasteiger partial charge on any atom is -0.497 e. The SMILES string of the molecule is COc1ccc(CCNC(=O)NC(c2ccccc2)c2ccccn2)cc1. The molecule has 1 atom stereocenters. The quantitative estimate of drug-likeness (QED) is 0.674. The molecular formula is C22H23N3O2. The molecule has 0 aliphatic carbocycles. The van der Waals surface area contributed by atoms with Gasteiger partial charge in [0.2, 0.25) is 0 Å². The summed E-state index contributed by atoms with van der Waals surface area (Å²) in [7, 11) is 1.64. The molecule has 1 aromatic heterocycles. The molecule has 1 heterocycles. The van der Waals surface area contributed by atoms with E-state index in [1.807, 2.05) is 72.8 Å². The van der Waals surface area contributed by atoms with Crippen molar-refractivity contribution in [2.75, 3.05) is 13.7 Å². The van der Waals surface area contributed by atoms with E-state index in [1.165, 1.54) is 0 Å². The maximum atomic E-state index is 12.4. The van der Waals surface area contributed by atoms with Crippen LogP contribution in [0.25, 0.3) is 0 Å². The number of rotatable bonds is 7. The van der Waals surface area contributed by atoms with Gasteiger partial charge in [0.15, 0.2) is 0 Å². The molecule has 27 heavy (non-hydrogen) atoms. The Bertz CT molecular complexity index is 797. The van der Waals surface area contributed by atoms with Crippen molar-refractivity contribution >= 4 is 6.03 Å². The maximum Gasteiger partial charge on any atom is 0.315 e. The number of nitrogens with one attached hydrogen (secondary N) is 2. The molecule has 0 saturated carbocycles. The van der Waals surface area contributed by atoms with E-state index in [0.717, 1.165) is 29.0 Å². The highest BCUT2D eigenvalue weighted by atomic mass is 16.5. The Labute approximate surface area is 159 Å². The fourth-order valence-electron chi connectivity index (χ4n) is 2.81. The summed E-state index contributed by atoms with van der Waals surface area (Å²) in [6, 6.07) is 22.8. The van der Waals surface area contributed by atoms with E-state index < -0.39 is 0 Å². The summed E-state index contributed by atoms with van der Waals surface area (Å²) in [5.74, 6) is 0.825. The van der Waals surface area contributed by atoms with Crippen molar-refractivity contribution in [1.82, 2.24) is 15.6 Å². The number of aromatic nitrogens is 1. The van der Waals surface area contributed by atoms with Crippen molar-refractivity contribution in [1.29, 1.82) is 0 Å². The molecule has 0 aliphatic rings. The summed E-state index contributed by atoms with van der Waals surface area (Å²) in [6.07, 6.45) is 2.48. The molecule has 0 fully saturated rings. The molecular weight excluding hydrogens is 338 g/mol. The predicted molar refractivity (Wildman–Crippen MR) is 106 cm³/mol. The van der Waals surface area contributed by atoms with Crippen molar-refractivity contribution in [3.05, 3.63) is 95.8 Å². The van der Waals surface area contributed by atoms with Gasteiger partial charge in [0.1, 0.15) is 5.75 Å². The number of pyridine rings is 1. The van der Waals surface area contributed by atoms with Gasteiger partial charge in [-0.25, -0.2) is 4.79 Å². The Hall–Kier alpha value is -3.34. The van der Waals surface area contributed by atoms with E-state index in [-0.39, 0.29) is 12.1 Å². The van der Waals surface area contributed by atoms with Gasteiger partial charge in [0, 0.05) is 12.7 Å². The summed E-state index contributed by atoms with van der Waals surface area (Å²) < 4.78 is 5.15. The zero-order valence-corrected chi connectivity index (χ0v) is 15.3. The van der Waals surface area contributed by atoms with Crippen LogP contribution in [0.1, 0.15) is 22.9 Å². The molecule has 138 valence electrons. The van der Waals surface area contributed by atoms with E-state index in [9.17, 15) is 4.79 Å². The molecule has 0 saturated heterocycles. The van der Waals surface area contributed by atoms with E-state index in [2.05, 4.69) is 15.6 Å². The first kappa shape index (κ1) is 18.5. The van der Waals surface area contributed by atoms with Crippen LogP contribution >= 0.6 is 0 Å². The van der Waals surface area contributed by atoms with E-state index in [0.29, 0.717) is 6.54 Å². The van der Waals surface area contributed by atoms with Gasteiger partial charge in [0.25, 0.3) is 0 Å². The van der Waals surface area contributed by atoms with Crippen LogP contribution < -0.4 is 15.4 Å². The zero-order valence-electron chi connectivity index (χ0n) is 15.3. The van der Waals surface area contributed by atoms with Crippen molar-refractivity contribution in [3.63, 3.8) is 0 Å². The van der Waals surface area contributed by atoms with Crippen molar-refractivity contribution in [2.24, 2.45) is 0 Å². The number of urea groups is 1. The Kier molecular flexibility index (Phi) is 6.41. The third kappa shape index (κ3) is 5.31. The third-order valence-electron chi connectivity index (χ3n) is 4.25. The second-order valence-corrected chi connectivity index (χ2v) is 6.10. The normalized spacial score (nSPS) is 11.4. The van der Waals surface area contributed by atoms with Crippen LogP contribution in [0, 0.1) is 0 Å². The summed E-state index contributed by atoms with van der Waals surface area (Å²) in [6.45, 7) is 0.544. The Morgan fingerprint density at radius 1 is 1.00 bits per heavy atom. The van der Waals surface area contributed by atoms with Crippen LogP contribution in [-0.2, 0) is 6.42 Å². The number of benzene rings is 2. The van der Waals surface area contributed by atoms with Crippen LogP contribution in [0.2, 0.25) is 0 Å². The minimum absolute atomic E-state index is 0.219. The summed E-state index contributed by atoms with van der Waals surface area (Å²) in [4.78, 5) is 16.8. The standard InChI is InChI=1S/C22H23N3O2/c1-27-19-12-10-17(11-13-19)14-16-24-22(26)25-21(18-7-3-2-4-8-18)20-9-5-6-15-23-20/h2-13,15,21H,14,16H2,1H3,(H2,24,25,26). The molecule has 2 amide bonds. The Balaban J connectivity index is 1.59. The molecule has 3 rings (SSSR count). The van der Waals surface area contributed by atoms with Crippen LogP contribution in [0.4, 0.5) is 4.79 Å². The third-order valence-corrected chi connectivity index (χ3v) is 4.25. The lowest BCUT2D eigenvalue weighted by molar-refractivity contribution is 0.238. The fraction of sp³-hybridized carbons (Fsp3) is 0.182. The number of carbonyl (C=O) groups is 1. The topological polar surface area (TPSA) is 63.2 Å². The van der Waals surface area contributed by atoms with Gasteiger partial charge in [-0.3, -0.25) is 4.98 Å². The lowest BCUT2D eigenvalue weighted by Crippen LogP contribution is -2.39. The number of carbonyl (C=O) groups excluding carboxylic acids is 1. The summed E-state index contributed by atoms with van der Waals surface area (Å²) >= 11 is 0. The number of hydrogen-bond acceptors (Lipinski definition) is 3. The highest BCUT2D eigenvalue weighted by Crippen LogP contribution is 2.19. The minimum atomic E-state index is -0.298. The monoisotopic (exact) mass is 361 g/mol. The average Bonchev–Trinajstić information content (AvgIpc) is 2.74. The molecule has 0 radical (unpaired) electrons. The number of ether oxygens (including phenoxy) is 1. The van der Waals surface area contributed by atoms with Gasteiger partial charge >= 0.3 is 6.03 Å². The number of amides is 2. The number of nitrogens with zero attached hydrogens (tertiary/aromatic N) is 1. The highest BCUT2D eigenvalue weighted by Gasteiger charge is 2.17. The average molecular weight is 361 g/mol. The predicted octanol–water partition coefficient (Wildman–Crippen LogP) is 3.72. The Morgan fingerprint density at radius 2 is 1.74 bits per heavy atom. The molecule has 0 spiro atoms. The number of methoxy groups -OCH3 is 1. The highest BCUT2D eigenvalue weighted by molar-refractivity contribution is 5.75. The van der Waals surface area contributed by atoms with Crippen LogP contribution in [0.3, 0.4) is 0 Å². The maximum absolute atomic E-state index is 12.4. The molecule has 1 unspecified atom stereocenters. The molecule has 5 nitrogen and oxygen atoms in total. The largest absolute Gasteiger partial charge is 0.497 e. The summed E-state index contributed by atoms with van der Waals surface area (Å²) in [5, 5.41) is 5.94. The van der Waals surface area contributed by atoms with Crippen molar-refractivity contribution in [2.45, 2.75) is 12.5 Å². The van der Waals surface area contributed by atoms with Gasteiger partial charge in [-0.15, -0.1) is 0 Å². The van der Waals surface area contributed by atoms with Crippen molar-refractivity contribution in [3.8, 4) is 5.75 Å². The first-order chi connectivity index (χ1) is 13.3. The van der Waals surface area contributed by atoms with Gasteiger partial charge in [0.05, 0.1) is 18.8 Å². The van der Waals surface area contributed by atoms with Gasteiger partial charge in [-0.1, -0.05) is 48.5 Å². The molecule has 0 bridgehead atoms. The van der Waals surface area contributed by atoms with Crippen LogP contribution in [-0.4, -0.2) is 24.7 Å². The van der Waals surface area contributed by atoms with Crippen LogP contribution in [0.5, 0.6) is 5.75 Å². The first-order valence-electron chi connectivity index (χ1n) is 8.89. The lowest BCUT2D eigenvalue weighted by atomic mass is 10.0. The number of hydrogen-bond donors (Lipinski definition) is 2. The molecule has 5 heteroatoms. The molecule has 2 N–H and O–H groups in total. The second-order valence-electron chi connectivity index (χ2n) is 6.10. The molecule has 0 aliphatic heterocycles. The van der Waals surface area contributed by atoms with Crippen LogP contribution in [0.15, 0.2) is 79.0 Å². The smallest absolute Gasteiger partial charge is 0.315 e. The van der Waals surface area contributed by atoms with Gasteiger partial charge < -0.3 is 15.4 Å². The molecule has 2 aromatic carbocycles. The Morgan fingerprint density at radius 3 is 2.41 bits per heavy atom. The van der Waals surface area contributed by atoms with Crippen molar-refractivity contribution < 1.29 is 9.53 Å². The fourth-order valence-corrected chi connectivity index (χ4v) is 2.81. The van der Waals surface area contributed by atoms with Gasteiger partial charge in [-0.05, 0) is 41.8 Å². The first-order valence-corrected chi connectivity index (χ1v) is 8.89. The lowest BCUT2D eigenvalue weighted by Gasteiger charge is -2.19. The second kappa shape index (κ2) is 9.38. The zero-order chi connectivity index (χ0) is 18.9. The van der Waals surface area contributed by atoms with E-state index in [1.54, 1.807) is 13.3 Å². The van der Waals surface area contributed by atoms with Gasteiger partial charge in [-0.2, -0.15) is 0 Å². The summed E-state index contributed by atoms with van der Waals surface area (Å²) in [5.41, 5.74) is 2.93.